The van der Waals surface area contributed by atoms with Crippen molar-refractivity contribution >= 4 is 39.2 Å². The van der Waals surface area contributed by atoms with Gasteiger partial charge in [-0.15, -0.1) is 23.1 Å². The number of amides is 1. The number of methoxy groups -OCH3 is 1. The van der Waals surface area contributed by atoms with Gasteiger partial charge in [-0.05, 0) is 36.6 Å². The van der Waals surface area contributed by atoms with Crippen molar-refractivity contribution in [2.24, 2.45) is 0 Å². The Balaban J connectivity index is 1.39. The van der Waals surface area contributed by atoms with Gasteiger partial charge >= 0.3 is 0 Å². The van der Waals surface area contributed by atoms with Crippen molar-refractivity contribution in [3.8, 4) is 5.75 Å². The fraction of sp³-hybridized carbons (Fsp3) is 0.333. The molecule has 0 radical (unpaired) electrons. The van der Waals surface area contributed by atoms with E-state index >= 15 is 0 Å². The van der Waals surface area contributed by atoms with Gasteiger partial charge in [-0.3, -0.25) is 4.79 Å². The highest BCUT2D eigenvalue weighted by molar-refractivity contribution is 7.98. The number of quaternary nitrogens is 1. The number of hydrogen-bond donors (Lipinski definition) is 1. The molecule has 1 aromatic heterocycles. The van der Waals surface area contributed by atoms with Crippen molar-refractivity contribution in [3.05, 3.63) is 53.0 Å². The lowest BCUT2D eigenvalue weighted by molar-refractivity contribution is -0.917. The van der Waals surface area contributed by atoms with Gasteiger partial charge in [0.05, 0.1) is 49.1 Å². The third-order valence-corrected chi connectivity index (χ3v) is 6.90. The van der Waals surface area contributed by atoms with Gasteiger partial charge in [0.25, 0.3) is 5.91 Å². The third kappa shape index (κ3) is 4.01. The van der Waals surface area contributed by atoms with Crippen LogP contribution in [0.2, 0.25) is 0 Å². The number of hydrogen-bond acceptors (Lipinski definition) is 5. The monoisotopic (exact) mass is 414 g/mol. The molecule has 3 aromatic rings. The summed E-state index contributed by atoms with van der Waals surface area (Å²) in [4.78, 5) is 22.2. The van der Waals surface area contributed by atoms with Crippen LogP contribution < -0.4 is 9.64 Å². The minimum atomic E-state index is 0.0588. The molecule has 2 aromatic carbocycles. The van der Waals surface area contributed by atoms with Gasteiger partial charge in [-0.25, -0.2) is 4.98 Å². The molecule has 0 saturated carbocycles. The Bertz CT molecular complexity index is 948. The number of fused-ring (bicyclic) bond motifs is 1. The number of rotatable bonds is 5. The van der Waals surface area contributed by atoms with E-state index in [0.29, 0.717) is 11.3 Å². The first-order valence-electron chi connectivity index (χ1n) is 9.37. The molecule has 0 spiro atoms. The minimum absolute atomic E-state index is 0.0588. The van der Waals surface area contributed by atoms with Crippen molar-refractivity contribution in [2.45, 2.75) is 11.4 Å². The van der Waals surface area contributed by atoms with E-state index in [1.54, 1.807) is 30.2 Å². The Morgan fingerprint density at radius 3 is 2.75 bits per heavy atom. The summed E-state index contributed by atoms with van der Waals surface area (Å²) in [7, 11) is 1.62. The van der Waals surface area contributed by atoms with Gasteiger partial charge < -0.3 is 14.5 Å². The van der Waals surface area contributed by atoms with Gasteiger partial charge in [0, 0.05) is 4.90 Å². The fourth-order valence-electron chi connectivity index (χ4n) is 3.56. The van der Waals surface area contributed by atoms with Crippen LogP contribution >= 0.6 is 23.1 Å². The molecule has 4 rings (SSSR count). The average Bonchev–Trinajstić information content (AvgIpc) is 3.15. The molecule has 2 heterocycles. The molecule has 0 atom stereocenters. The third-order valence-electron chi connectivity index (χ3n) is 5.14. The second-order valence-corrected chi connectivity index (χ2v) is 8.86. The van der Waals surface area contributed by atoms with Crippen LogP contribution in [-0.4, -0.2) is 55.3 Å². The lowest BCUT2D eigenvalue weighted by atomic mass is 10.1. The van der Waals surface area contributed by atoms with Gasteiger partial charge in [-0.2, -0.15) is 0 Å². The highest BCUT2D eigenvalue weighted by Gasteiger charge is 2.27. The molecule has 1 aliphatic heterocycles. The van der Waals surface area contributed by atoms with Crippen LogP contribution in [0.5, 0.6) is 5.75 Å². The topological polar surface area (TPSA) is 46.9 Å². The highest BCUT2D eigenvalue weighted by Crippen LogP contribution is 2.26. The summed E-state index contributed by atoms with van der Waals surface area (Å²) in [5.41, 5.74) is 1.73. The lowest BCUT2D eigenvalue weighted by Gasteiger charge is -2.32. The highest BCUT2D eigenvalue weighted by atomic mass is 32.2. The molecular formula is C21H24N3O2S2+. The van der Waals surface area contributed by atoms with Crippen LogP contribution in [0.1, 0.15) is 15.4 Å². The zero-order chi connectivity index (χ0) is 19.5. The first-order valence-corrected chi connectivity index (χ1v) is 11.4. The quantitative estimate of drug-likeness (QED) is 0.652. The number of thioether (sulfide) groups is 1. The molecule has 7 heteroatoms. The number of ether oxygens (including phenoxy) is 1. The number of para-hydroxylation sites is 1. The molecule has 28 heavy (non-hydrogen) atoms. The number of carbonyl (C=O) groups is 1. The van der Waals surface area contributed by atoms with Gasteiger partial charge in [0.1, 0.15) is 17.3 Å². The van der Waals surface area contributed by atoms with Crippen molar-refractivity contribution in [1.29, 1.82) is 0 Å². The summed E-state index contributed by atoms with van der Waals surface area (Å²) >= 11 is 3.42. The Hall–Kier alpha value is -2.09. The van der Waals surface area contributed by atoms with Gasteiger partial charge in [-0.1, -0.05) is 12.1 Å². The number of benzene rings is 2. The molecule has 0 aliphatic carbocycles. The molecule has 1 aliphatic rings. The number of nitrogens with zero attached hydrogens (tertiary/aromatic N) is 2. The Kier molecular flexibility index (Phi) is 5.85. The average molecular weight is 415 g/mol. The maximum absolute atomic E-state index is 13.0. The number of piperazine rings is 1. The second kappa shape index (κ2) is 8.51. The molecule has 1 saturated heterocycles. The number of thiazole rings is 1. The number of nitrogens with one attached hydrogen (secondary N) is 1. The first kappa shape index (κ1) is 19.2. The Labute approximate surface area is 173 Å². The Morgan fingerprint density at radius 1 is 1.25 bits per heavy atom. The van der Waals surface area contributed by atoms with E-state index in [0.717, 1.165) is 43.1 Å². The second-order valence-electron chi connectivity index (χ2n) is 6.86. The summed E-state index contributed by atoms with van der Waals surface area (Å²) in [5, 5.41) is 1.17. The summed E-state index contributed by atoms with van der Waals surface area (Å²) in [6.07, 6.45) is 2.02. The fourth-order valence-corrected chi connectivity index (χ4v) is 5.03. The predicted molar refractivity (Wildman–Crippen MR) is 115 cm³/mol. The minimum Gasteiger partial charge on any atom is -0.496 e. The number of carbonyl (C=O) groups excluding carboxylic acids is 1. The van der Waals surface area contributed by atoms with Crippen molar-refractivity contribution in [2.75, 3.05) is 39.5 Å². The van der Waals surface area contributed by atoms with Crippen LogP contribution in [0.3, 0.4) is 0 Å². The van der Waals surface area contributed by atoms with Crippen molar-refractivity contribution < 1.29 is 14.4 Å². The smallest absolute Gasteiger partial charge is 0.258 e. The molecule has 1 N–H and O–H groups in total. The van der Waals surface area contributed by atoms with Crippen LogP contribution in [0.25, 0.3) is 10.2 Å². The van der Waals surface area contributed by atoms with Crippen molar-refractivity contribution in [1.82, 2.24) is 9.88 Å². The van der Waals surface area contributed by atoms with E-state index in [9.17, 15) is 4.79 Å². The zero-order valence-corrected chi connectivity index (χ0v) is 17.7. The molecule has 0 unspecified atom stereocenters. The van der Waals surface area contributed by atoms with E-state index in [-0.39, 0.29) is 5.91 Å². The van der Waals surface area contributed by atoms with E-state index in [2.05, 4.69) is 18.2 Å². The van der Waals surface area contributed by atoms with Crippen LogP contribution in [0.15, 0.2) is 47.4 Å². The normalized spacial score (nSPS) is 15.1. The summed E-state index contributed by atoms with van der Waals surface area (Å²) in [6, 6.07) is 14.1. The predicted octanol–water partition coefficient (Wildman–Crippen LogP) is 2.57. The molecule has 1 amide bonds. The molecule has 146 valence electrons. The summed E-state index contributed by atoms with van der Waals surface area (Å²) < 4.78 is 6.70. The molecule has 0 bridgehead atoms. The maximum Gasteiger partial charge on any atom is 0.258 e. The standard InChI is InChI=1S/C21H23N3O2S2/c1-26-18-13-15(27-2)7-8-16(18)21(25)24-11-9-23(10-12-24)14-20-22-17-5-3-4-6-19(17)28-20/h3-8,13H,9-12,14H2,1-2H3/p+1. The van der Waals surface area contributed by atoms with Crippen LogP contribution in [-0.2, 0) is 6.54 Å². The molecule has 5 nitrogen and oxygen atoms in total. The zero-order valence-electron chi connectivity index (χ0n) is 16.1. The summed E-state index contributed by atoms with van der Waals surface area (Å²) in [5.74, 6) is 0.713. The first-order chi connectivity index (χ1) is 13.7. The van der Waals surface area contributed by atoms with E-state index in [4.69, 9.17) is 9.72 Å². The van der Waals surface area contributed by atoms with E-state index < -0.39 is 0 Å². The van der Waals surface area contributed by atoms with Crippen LogP contribution in [0.4, 0.5) is 0 Å². The maximum atomic E-state index is 13.0. The van der Waals surface area contributed by atoms with Gasteiger partial charge in [0.2, 0.25) is 0 Å². The van der Waals surface area contributed by atoms with Crippen molar-refractivity contribution in [3.63, 3.8) is 0 Å². The molecule has 1 fully saturated rings. The van der Waals surface area contributed by atoms with Crippen LogP contribution in [0, 0.1) is 0 Å². The van der Waals surface area contributed by atoms with Gasteiger partial charge in [0.15, 0.2) is 0 Å². The Morgan fingerprint density at radius 2 is 2.04 bits per heavy atom. The SMILES string of the molecule is COc1cc(SC)ccc1C(=O)N1CC[NH+](Cc2nc3ccccc3s2)CC1. The van der Waals surface area contributed by atoms with E-state index in [1.165, 1.54) is 14.6 Å². The lowest BCUT2D eigenvalue weighted by Crippen LogP contribution is -3.13. The largest absolute Gasteiger partial charge is 0.496 e. The summed E-state index contributed by atoms with van der Waals surface area (Å²) in [6.45, 7) is 4.31. The molecular weight excluding hydrogens is 390 g/mol. The number of aromatic nitrogens is 1. The van der Waals surface area contributed by atoms with E-state index in [1.807, 2.05) is 35.4 Å².